The Morgan fingerprint density at radius 3 is 0.662 bits per heavy atom. The van der Waals surface area contributed by atoms with Crippen molar-refractivity contribution in [2.24, 2.45) is 17.8 Å². The Morgan fingerprint density at radius 2 is 0.446 bits per heavy atom. The van der Waals surface area contributed by atoms with Crippen molar-refractivity contribution in [3.8, 4) is 0 Å². The molecule has 0 fully saturated rings. The van der Waals surface area contributed by atoms with E-state index in [0.717, 1.165) is 75.5 Å². The number of esters is 3. The van der Waals surface area contributed by atoms with E-state index in [1.807, 2.05) is 0 Å². The molecular formula is C59H114O6. The van der Waals surface area contributed by atoms with Crippen LogP contribution in [0.4, 0.5) is 0 Å². The number of rotatable bonds is 52. The van der Waals surface area contributed by atoms with Gasteiger partial charge in [0.15, 0.2) is 6.10 Å². The summed E-state index contributed by atoms with van der Waals surface area (Å²) < 4.78 is 16.9. The fourth-order valence-electron chi connectivity index (χ4n) is 9.00. The van der Waals surface area contributed by atoms with Crippen LogP contribution in [0.5, 0.6) is 0 Å². The number of hydrogen-bond donors (Lipinski definition) is 0. The van der Waals surface area contributed by atoms with Crippen LogP contribution in [0.2, 0.25) is 0 Å². The van der Waals surface area contributed by atoms with E-state index >= 15 is 0 Å². The summed E-state index contributed by atoms with van der Waals surface area (Å²) in [6.07, 6.45) is 52.4. The van der Waals surface area contributed by atoms with Gasteiger partial charge in [0.2, 0.25) is 0 Å². The summed E-state index contributed by atoms with van der Waals surface area (Å²) in [5.74, 6) is 1.67. The third-order valence-corrected chi connectivity index (χ3v) is 13.4. The van der Waals surface area contributed by atoms with Gasteiger partial charge >= 0.3 is 17.9 Å². The molecule has 1 atom stereocenters. The molecule has 6 nitrogen and oxygen atoms in total. The van der Waals surface area contributed by atoms with Crippen LogP contribution in [0.3, 0.4) is 0 Å². The molecule has 0 saturated heterocycles. The van der Waals surface area contributed by atoms with Gasteiger partial charge < -0.3 is 14.2 Å². The normalized spacial score (nSPS) is 12.1. The highest BCUT2D eigenvalue weighted by Crippen LogP contribution is 2.18. The first-order valence-corrected chi connectivity index (χ1v) is 29.1. The second-order valence-electron chi connectivity index (χ2n) is 21.7. The van der Waals surface area contributed by atoms with Crippen molar-refractivity contribution in [3.63, 3.8) is 0 Å². The van der Waals surface area contributed by atoms with Crippen LogP contribution in [-0.2, 0) is 28.6 Å². The first-order chi connectivity index (χ1) is 31.6. The summed E-state index contributed by atoms with van der Waals surface area (Å²) >= 11 is 0. The van der Waals surface area contributed by atoms with E-state index in [0.29, 0.717) is 19.3 Å². The maximum absolute atomic E-state index is 12.9. The first kappa shape index (κ1) is 63.4. The summed E-state index contributed by atoms with van der Waals surface area (Å²) in [5, 5.41) is 0. The molecule has 0 spiro atoms. The van der Waals surface area contributed by atoms with Crippen molar-refractivity contribution in [2.45, 2.75) is 330 Å². The van der Waals surface area contributed by atoms with Crippen LogP contribution < -0.4 is 0 Å². The highest BCUT2D eigenvalue weighted by Gasteiger charge is 2.19. The lowest BCUT2D eigenvalue weighted by atomic mass is 10.0. The largest absolute Gasteiger partial charge is 0.462 e. The molecular weight excluding hydrogens is 805 g/mol. The quantitative estimate of drug-likeness (QED) is 0.0344. The molecule has 0 aromatic heterocycles. The molecule has 0 aliphatic carbocycles. The number of unbranched alkanes of at least 4 members (excludes halogenated alkanes) is 35. The Morgan fingerprint density at radius 1 is 0.262 bits per heavy atom. The zero-order chi connectivity index (χ0) is 47.7. The van der Waals surface area contributed by atoms with E-state index in [4.69, 9.17) is 14.2 Å². The Balaban J connectivity index is 4.30. The highest BCUT2D eigenvalue weighted by atomic mass is 16.6. The van der Waals surface area contributed by atoms with Gasteiger partial charge in [0.05, 0.1) is 0 Å². The monoisotopic (exact) mass is 919 g/mol. The predicted octanol–water partition coefficient (Wildman–Crippen LogP) is 19.1. The second kappa shape index (κ2) is 50.3. The van der Waals surface area contributed by atoms with Gasteiger partial charge in [0.1, 0.15) is 13.2 Å². The SMILES string of the molecule is CC(C)CCCCCCCCCCCCCCCCCC(=O)O[C@@H](COC(=O)CCCCCCCCCCCCCCC(C)C)COC(=O)CCCCCCCCCCCCCC(C)C. The van der Waals surface area contributed by atoms with Crippen molar-refractivity contribution in [1.29, 1.82) is 0 Å². The van der Waals surface area contributed by atoms with E-state index in [1.165, 1.54) is 205 Å². The van der Waals surface area contributed by atoms with Crippen LogP contribution in [-0.4, -0.2) is 37.2 Å². The molecule has 0 N–H and O–H groups in total. The van der Waals surface area contributed by atoms with Crippen LogP contribution in [0.25, 0.3) is 0 Å². The molecule has 0 aliphatic rings. The molecule has 0 bridgehead atoms. The van der Waals surface area contributed by atoms with Gasteiger partial charge in [-0.25, -0.2) is 0 Å². The molecule has 0 heterocycles. The third-order valence-electron chi connectivity index (χ3n) is 13.4. The minimum atomic E-state index is -0.764. The molecule has 0 aromatic carbocycles. The predicted molar refractivity (Wildman–Crippen MR) is 279 cm³/mol. The van der Waals surface area contributed by atoms with Crippen LogP contribution in [0, 0.1) is 17.8 Å². The Labute approximate surface area is 406 Å². The van der Waals surface area contributed by atoms with Crippen molar-refractivity contribution in [3.05, 3.63) is 0 Å². The number of ether oxygens (including phenoxy) is 3. The highest BCUT2D eigenvalue weighted by molar-refractivity contribution is 5.71. The van der Waals surface area contributed by atoms with E-state index in [2.05, 4.69) is 41.5 Å². The average molecular weight is 920 g/mol. The fourth-order valence-corrected chi connectivity index (χ4v) is 9.00. The molecule has 0 aromatic rings. The summed E-state index contributed by atoms with van der Waals surface area (Å²) in [7, 11) is 0. The van der Waals surface area contributed by atoms with Crippen molar-refractivity contribution < 1.29 is 28.6 Å². The zero-order valence-corrected chi connectivity index (χ0v) is 44.8. The molecule has 65 heavy (non-hydrogen) atoms. The smallest absolute Gasteiger partial charge is 0.306 e. The topological polar surface area (TPSA) is 78.9 Å². The summed E-state index contributed by atoms with van der Waals surface area (Å²) in [6.45, 7) is 13.8. The van der Waals surface area contributed by atoms with Crippen molar-refractivity contribution in [2.75, 3.05) is 13.2 Å². The summed E-state index contributed by atoms with van der Waals surface area (Å²) in [6, 6.07) is 0. The molecule has 0 rings (SSSR count). The van der Waals surface area contributed by atoms with Crippen LogP contribution in [0.1, 0.15) is 324 Å². The molecule has 386 valence electrons. The fraction of sp³-hybridized carbons (Fsp3) is 0.949. The zero-order valence-electron chi connectivity index (χ0n) is 44.8. The van der Waals surface area contributed by atoms with Crippen LogP contribution in [0.15, 0.2) is 0 Å². The summed E-state index contributed by atoms with van der Waals surface area (Å²) in [5.41, 5.74) is 0. The van der Waals surface area contributed by atoms with E-state index in [1.54, 1.807) is 0 Å². The standard InChI is InChI=1S/C59H114O6/c1-53(2)45-39-33-27-21-15-10-8-7-9-11-19-26-32-38-44-50-59(62)65-56(52-64-58(61)49-43-37-31-25-20-14-17-23-29-35-41-47-55(5)6)51-63-57(60)48-42-36-30-24-18-13-12-16-22-28-34-40-46-54(3)4/h53-56H,7-52H2,1-6H3/t56-/m0/s1. The van der Waals surface area contributed by atoms with Crippen molar-refractivity contribution >= 4 is 17.9 Å². The minimum absolute atomic E-state index is 0.0635. The van der Waals surface area contributed by atoms with E-state index in [9.17, 15) is 14.4 Å². The Kier molecular flexibility index (Phi) is 49.1. The molecule has 0 unspecified atom stereocenters. The van der Waals surface area contributed by atoms with E-state index < -0.39 is 6.10 Å². The third kappa shape index (κ3) is 53.2. The number of carbonyl (C=O) groups is 3. The summed E-state index contributed by atoms with van der Waals surface area (Å²) in [4.78, 5) is 38.2. The Hall–Kier alpha value is -1.59. The maximum atomic E-state index is 12.9. The number of hydrogen-bond acceptors (Lipinski definition) is 6. The lowest BCUT2D eigenvalue weighted by Gasteiger charge is -2.18. The maximum Gasteiger partial charge on any atom is 0.306 e. The van der Waals surface area contributed by atoms with Gasteiger partial charge in [-0.15, -0.1) is 0 Å². The van der Waals surface area contributed by atoms with Gasteiger partial charge in [0.25, 0.3) is 0 Å². The molecule has 0 aliphatic heterocycles. The average Bonchev–Trinajstić information content (AvgIpc) is 3.26. The molecule has 0 amide bonds. The van der Waals surface area contributed by atoms with Gasteiger partial charge in [-0.1, -0.05) is 286 Å². The second-order valence-corrected chi connectivity index (χ2v) is 21.7. The van der Waals surface area contributed by atoms with Gasteiger partial charge in [-0.05, 0) is 37.0 Å². The van der Waals surface area contributed by atoms with Crippen LogP contribution >= 0.6 is 0 Å². The molecule has 0 saturated carbocycles. The Bertz CT molecular complexity index is 1010. The molecule has 6 heteroatoms. The van der Waals surface area contributed by atoms with Gasteiger partial charge in [-0.2, -0.15) is 0 Å². The first-order valence-electron chi connectivity index (χ1n) is 29.1. The number of carbonyl (C=O) groups excluding carboxylic acids is 3. The van der Waals surface area contributed by atoms with Gasteiger partial charge in [-0.3, -0.25) is 14.4 Å². The molecule has 0 radical (unpaired) electrons. The lowest BCUT2D eigenvalue weighted by Crippen LogP contribution is -2.30. The van der Waals surface area contributed by atoms with E-state index in [-0.39, 0.29) is 31.1 Å². The van der Waals surface area contributed by atoms with Crippen molar-refractivity contribution in [1.82, 2.24) is 0 Å². The minimum Gasteiger partial charge on any atom is -0.462 e. The van der Waals surface area contributed by atoms with Gasteiger partial charge in [0, 0.05) is 19.3 Å². The lowest BCUT2D eigenvalue weighted by molar-refractivity contribution is -0.167.